The van der Waals surface area contributed by atoms with Crippen molar-refractivity contribution in [1.82, 2.24) is 4.90 Å². The van der Waals surface area contributed by atoms with Gasteiger partial charge in [-0.25, -0.2) is 0 Å². The van der Waals surface area contributed by atoms with Gasteiger partial charge in [0.2, 0.25) is 0 Å². The molecule has 1 saturated heterocycles. The molecule has 19 heavy (non-hydrogen) atoms. The lowest BCUT2D eigenvalue weighted by Gasteiger charge is -2.36. The molecule has 1 aromatic carbocycles. The van der Waals surface area contributed by atoms with Gasteiger partial charge in [-0.3, -0.25) is 9.69 Å². The highest BCUT2D eigenvalue weighted by Crippen LogP contribution is 2.37. The minimum Gasteiger partial charge on any atom is -0.493 e. The molecule has 1 atom stereocenters. The predicted octanol–water partition coefficient (Wildman–Crippen LogP) is 1.58. The number of likely N-dealkylation sites (N-methyl/N-ethyl adjacent to an activating group) is 1. The molecule has 1 aliphatic rings. The van der Waals surface area contributed by atoms with Gasteiger partial charge in [0, 0.05) is 18.7 Å². The summed E-state index contributed by atoms with van der Waals surface area (Å²) in [5.41, 5.74) is 0.654. The fourth-order valence-corrected chi connectivity index (χ4v) is 2.18. The number of methoxy groups -OCH3 is 1. The first-order valence-corrected chi connectivity index (χ1v) is 6.27. The molecule has 0 radical (unpaired) electrons. The lowest BCUT2D eigenvalue weighted by molar-refractivity contribution is -0.138. The molecule has 0 aliphatic carbocycles. The molecule has 1 unspecified atom stereocenters. The third-order valence-corrected chi connectivity index (χ3v) is 3.38. The van der Waals surface area contributed by atoms with E-state index in [1.54, 1.807) is 32.2 Å². The zero-order valence-electron chi connectivity index (χ0n) is 11.4. The average Bonchev–Trinajstić information content (AvgIpc) is 2.36. The van der Waals surface area contributed by atoms with E-state index in [4.69, 9.17) is 14.6 Å². The fraction of sp³-hybridized carbons (Fsp3) is 0.500. The number of carboxylic acid groups (broad SMARTS) is 1. The molecule has 0 spiro atoms. The molecule has 2 rings (SSSR count). The van der Waals surface area contributed by atoms with E-state index in [0.29, 0.717) is 17.1 Å². The number of aliphatic carboxylic acids is 1. The smallest absolute Gasteiger partial charge is 0.310 e. The van der Waals surface area contributed by atoms with Gasteiger partial charge in [-0.05, 0) is 20.0 Å². The maximum absolute atomic E-state index is 11.2. The van der Waals surface area contributed by atoms with Crippen LogP contribution in [0.3, 0.4) is 0 Å². The van der Waals surface area contributed by atoms with Gasteiger partial charge in [-0.1, -0.05) is 12.1 Å². The van der Waals surface area contributed by atoms with E-state index in [-0.39, 0.29) is 6.10 Å². The Morgan fingerprint density at radius 3 is 2.68 bits per heavy atom. The quantitative estimate of drug-likeness (QED) is 0.876. The zero-order valence-corrected chi connectivity index (χ0v) is 11.4. The van der Waals surface area contributed by atoms with Crippen LogP contribution in [0.2, 0.25) is 0 Å². The number of benzene rings is 1. The molecule has 1 heterocycles. The Balaban J connectivity index is 2.28. The van der Waals surface area contributed by atoms with E-state index in [9.17, 15) is 4.79 Å². The normalized spacial score (nSPS) is 17.6. The van der Waals surface area contributed by atoms with Gasteiger partial charge in [-0.2, -0.15) is 0 Å². The van der Waals surface area contributed by atoms with Crippen LogP contribution < -0.4 is 9.47 Å². The second kappa shape index (κ2) is 5.48. The fourth-order valence-electron chi connectivity index (χ4n) is 2.18. The van der Waals surface area contributed by atoms with Gasteiger partial charge >= 0.3 is 5.97 Å². The summed E-state index contributed by atoms with van der Waals surface area (Å²) < 4.78 is 11.2. The second-order valence-electron chi connectivity index (χ2n) is 4.90. The molecule has 0 saturated carbocycles. The highest BCUT2D eigenvalue weighted by atomic mass is 16.5. The maximum Gasteiger partial charge on any atom is 0.310 e. The third kappa shape index (κ3) is 2.81. The Hall–Kier alpha value is -1.75. The molecule has 104 valence electrons. The summed E-state index contributed by atoms with van der Waals surface area (Å²) in [4.78, 5) is 13.3. The Labute approximate surface area is 112 Å². The molecule has 5 heteroatoms. The number of hydrogen-bond donors (Lipinski definition) is 1. The summed E-state index contributed by atoms with van der Waals surface area (Å²) in [7, 11) is 3.58. The Morgan fingerprint density at radius 2 is 2.16 bits per heavy atom. The molecular formula is C14H19NO4. The van der Waals surface area contributed by atoms with Crippen LogP contribution in [0.5, 0.6) is 11.5 Å². The van der Waals surface area contributed by atoms with E-state index < -0.39 is 11.9 Å². The van der Waals surface area contributed by atoms with Crippen LogP contribution in [0.4, 0.5) is 0 Å². The van der Waals surface area contributed by atoms with Crippen LogP contribution in [0.25, 0.3) is 0 Å². The summed E-state index contributed by atoms with van der Waals surface area (Å²) in [5, 5.41) is 9.17. The van der Waals surface area contributed by atoms with Crippen molar-refractivity contribution in [2.45, 2.75) is 18.9 Å². The first kappa shape index (κ1) is 13.7. The molecule has 0 amide bonds. The highest BCUT2D eigenvalue weighted by molar-refractivity contribution is 5.77. The van der Waals surface area contributed by atoms with Gasteiger partial charge in [-0.15, -0.1) is 0 Å². The zero-order chi connectivity index (χ0) is 14.0. The number of nitrogens with zero attached hydrogens (tertiary/aromatic N) is 1. The number of para-hydroxylation sites is 1. The molecule has 1 aromatic rings. The topological polar surface area (TPSA) is 59.0 Å². The first-order chi connectivity index (χ1) is 9.02. The number of ether oxygens (including phenoxy) is 2. The van der Waals surface area contributed by atoms with Crippen LogP contribution in [0.15, 0.2) is 18.2 Å². The molecule has 0 bridgehead atoms. The number of carbonyl (C=O) groups is 1. The third-order valence-electron chi connectivity index (χ3n) is 3.38. The number of carboxylic acids is 1. The SMILES string of the molecule is COc1cccc(C(C)C(=O)O)c1OC1CN(C)C1. The van der Waals surface area contributed by atoms with Crippen LogP contribution in [0.1, 0.15) is 18.4 Å². The summed E-state index contributed by atoms with van der Waals surface area (Å²) in [6.07, 6.45) is 0.0982. The van der Waals surface area contributed by atoms with Crippen molar-refractivity contribution in [3.8, 4) is 11.5 Å². The van der Waals surface area contributed by atoms with Crippen LogP contribution in [0, 0.1) is 0 Å². The van der Waals surface area contributed by atoms with Gasteiger partial charge in [0.25, 0.3) is 0 Å². The van der Waals surface area contributed by atoms with Crippen molar-refractivity contribution in [3.63, 3.8) is 0 Å². The Kier molecular flexibility index (Phi) is 3.95. The lowest BCUT2D eigenvalue weighted by atomic mass is 9.99. The van der Waals surface area contributed by atoms with E-state index in [0.717, 1.165) is 13.1 Å². The van der Waals surface area contributed by atoms with E-state index in [1.807, 2.05) is 7.05 Å². The Bertz CT molecular complexity index is 469. The predicted molar refractivity (Wildman–Crippen MR) is 71.0 cm³/mol. The highest BCUT2D eigenvalue weighted by Gasteiger charge is 2.29. The van der Waals surface area contributed by atoms with E-state index in [2.05, 4.69) is 4.90 Å². The van der Waals surface area contributed by atoms with Crippen LogP contribution >= 0.6 is 0 Å². The molecular weight excluding hydrogens is 246 g/mol. The second-order valence-corrected chi connectivity index (χ2v) is 4.90. The van der Waals surface area contributed by atoms with Crippen molar-refractivity contribution < 1.29 is 19.4 Å². The van der Waals surface area contributed by atoms with Crippen LogP contribution in [-0.4, -0.2) is 49.3 Å². The number of likely N-dealkylation sites (tertiary alicyclic amines) is 1. The van der Waals surface area contributed by atoms with Gasteiger partial charge < -0.3 is 14.6 Å². The molecule has 5 nitrogen and oxygen atoms in total. The number of rotatable bonds is 5. The van der Waals surface area contributed by atoms with Crippen LogP contribution in [-0.2, 0) is 4.79 Å². The lowest BCUT2D eigenvalue weighted by Crippen LogP contribution is -2.51. The first-order valence-electron chi connectivity index (χ1n) is 6.27. The Morgan fingerprint density at radius 1 is 1.47 bits per heavy atom. The summed E-state index contributed by atoms with van der Waals surface area (Å²) in [5.74, 6) is -0.357. The largest absolute Gasteiger partial charge is 0.493 e. The van der Waals surface area contributed by atoms with Crippen molar-refractivity contribution in [3.05, 3.63) is 23.8 Å². The van der Waals surface area contributed by atoms with Crippen molar-refractivity contribution >= 4 is 5.97 Å². The molecule has 1 N–H and O–H groups in total. The minimum atomic E-state index is -0.871. The maximum atomic E-state index is 11.2. The van der Waals surface area contributed by atoms with Crippen molar-refractivity contribution in [2.75, 3.05) is 27.2 Å². The number of hydrogen-bond acceptors (Lipinski definition) is 4. The molecule has 0 aromatic heterocycles. The van der Waals surface area contributed by atoms with Crippen molar-refractivity contribution in [1.29, 1.82) is 0 Å². The van der Waals surface area contributed by atoms with E-state index >= 15 is 0 Å². The van der Waals surface area contributed by atoms with Gasteiger partial charge in [0.15, 0.2) is 11.5 Å². The summed E-state index contributed by atoms with van der Waals surface area (Å²) >= 11 is 0. The summed E-state index contributed by atoms with van der Waals surface area (Å²) in [6, 6.07) is 5.35. The van der Waals surface area contributed by atoms with E-state index in [1.165, 1.54) is 0 Å². The van der Waals surface area contributed by atoms with Gasteiger partial charge in [0.05, 0.1) is 13.0 Å². The average molecular weight is 265 g/mol. The minimum absolute atomic E-state index is 0.0982. The van der Waals surface area contributed by atoms with Crippen molar-refractivity contribution in [2.24, 2.45) is 0 Å². The standard InChI is InChI=1S/C14H19NO4/c1-9(14(16)17)11-5-4-6-12(18-3)13(11)19-10-7-15(2)8-10/h4-6,9-10H,7-8H2,1-3H3,(H,16,17). The molecule has 1 aliphatic heterocycles. The van der Waals surface area contributed by atoms with Gasteiger partial charge in [0.1, 0.15) is 6.10 Å². The molecule has 1 fully saturated rings. The monoisotopic (exact) mass is 265 g/mol. The summed E-state index contributed by atoms with van der Waals surface area (Å²) in [6.45, 7) is 3.34.